The monoisotopic (exact) mass is 389 g/mol. The van der Waals surface area contributed by atoms with E-state index in [1.54, 1.807) is 25.2 Å². The zero-order chi connectivity index (χ0) is 21.7. The van der Waals surface area contributed by atoms with Crippen molar-refractivity contribution in [2.24, 2.45) is 0 Å². The highest BCUT2D eigenvalue weighted by molar-refractivity contribution is 6.02. The number of rotatable bonds is 7. The molecule has 3 N–H and O–H groups in total. The zero-order valence-corrected chi connectivity index (χ0v) is 17.2. The molecule has 0 bridgehead atoms. The highest BCUT2D eigenvalue weighted by Crippen LogP contribution is 2.44. The first-order valence-electron chi connectivity index (χ1n) is 9.25. The highest BCUT2D eigenvalue weighted by atomic mass is 16.3. The van der Waals surface area contributed by atoms with Gasteiger partial charge in [0.25, 0.3) is 5.91 Å². The normalized spacial score (nSPS) is 11.1. The SMILES string of the molecule is C=C/C=C(\C=C)CNC(=O)c1c(C)cc(O)c(-c2cc(C)ccc2C(=C)C)c1O. The quantitative estimate of drug-likeness (QED) is 0.552. The summed E-state index contributed by atoms with van der Waals surface area (Å²) in [5.41, 5.74) is 4.75. The van der Waals surface area contributed by atoms with Crippen molar-refractivity contribution in [2.75, 3.05) is 6.54 Å². The summed E-state index contributed by atoms with van der Waals surface area (Å²) in [6.07, 6.45) is 4.98. The van der Waals surface area contributed by atoms with Crippen LogP contribution in [0.25, 0.3) is 16.7 Å². The van der Waals surface area contributed by atoms with Crippen LogP contribution in [0, 0.1) is 13.8 Å². The molecular weight excluding hydrogens is 362 g/mol. The number of allylic oxidation sites excluding steroid dienone is 3. The number of nitrogens with one attached hydrogen (secondary N) is 1. The summed E-state index contributed by atoms with van der Waals surface area (Å²) < 4.78 is 0. The van der Waals surface area contributed by atoms with Crippen molar-refractivity contribution in [1.29, 1.82) is 0 Å². The van der Waals surface area contributed by atoms with E-state index in [9.17, 15) is 15.0 Å². The molecule has 4 nitrogen and oxygen atoms in total. The minimum Gasteiger partial charge on any atom is -0.507 e. The summed E-state index contributed by atoms with van der Waals surface area (Å²) in [5, 5.41) is 24.4. The van der Waals surface area contributed by atoms with Crippen molar-refractivity contribution in [3.8, 4) is 22.6 Å². The van der Waals surface area contributed by atoms with E-state index < -0.39 is 5.91 Å². The number of phenols is 2. The first-order valence-corrected chi connectivity index (χ1v) is 9.25. The average molecular weight is 389 g/mol. The molecule has 29 heavy (non-hydrogen) atoms. The smallest absolute Gasteiger partial charge is 0.255 e. The maximum Gasteiger partial charge on any atom is 0.255 e. The fourth-order valence-corrected chi connectivity index (χ4v) is 3.19. The highest BCUT2D eigenvalue weighted by Gasteiger charge is 2.23. The second-order valence-electron chi connectivity index (χ2n) is 7.00. The van der Waals surface area contributed by atoms with Gasteiger partial charge < -0.3 is 15.5 Å². The molecule has 0 aromatic heterocycles. The molecule has 0 saturated carbocycles. The third-order valence-corrected chi connectivity index (χ3v) is 4.66. The number of aromatic hydroxyl groups is 2. The Morgan fingerprint density at radius 2 is 1.86 bits per heavy atom. The summed E-state index contributed by atoms with van der Waals surface area (Å²) in [6, 6.07) is 7.18. The first kappa shape index (κ1) is 21.8. The number of carbonyl (C=O) groups is 1. The van der Waals surface area contributed by atoms with Gasteiger partial charge in [0.05, 0.1) is 11.1 Å². The number of carbonyl (C=O) groups excluding carboxylic acids is 1. The first-order chi connectivity index (χ1) is 13.7. The van der Waals surface area contributed by atoms with Gasteiger partial charge in [-0.1, -0.05) is 67.3 Å². The molecule has 0 spiro atoms. The van der Waals surface area contributed by atoms with Crippen LogP contribution in [-0.2, 0) is 0 Å². The van der Waals surface area contributed by atoms with Gasteiger partial charge in [0.15, 0.2) is 0 Å². The van der Waals surface area contributed by atoms with Crippen LogP contribution >= 0.6 is 0 Å². The largest absolute Gasteiger partial charge is 0.507 e. The van der Waals surface area contributed by atoms with Crippen molar-refractivity contribution in [1.82, 2.24) is 5.32 Å². The number of amides is 1. The lowest BCUT2D eigenvalue weighted by atomic mass is 9.90. The molecule has 1 amide bonds. The Morgan fingerprint density at radius 3 is 2.45 bits per heavy atom. The van der Waals surface area contributed by atoms with Crippen LogP contribution in [0.5, 0.6) is 11.5 Å². The lowest BCUT2D eigenvalue weighted by Crippen LogP contribution is -2.26. The summed E-state index contributed by atoms with van der Waals surface area (Å²) >= 11 is 0. The number of hydrogen-bond donors (Lipinski definition) is 3. The van der Waals surface area contributed by atoms with Gasteiger partial charge in [-0.15, -0.1) is 0 Å². The maximum atomic E-state index is 12.8. The van der Waals surface area contributed by atoms with E-state index in [-0.39, 0.29) is 29.2 Å². The van der Waals surface area contributed by atoms with E-state index in [2.05, 4.69) is 25.1 Å². The second kappa shape index (κ2) is 9.11. The van der Waals surface area contributed by atoms with Gasteiger partial charge in [0, 0.05) is 6.54 Å². The molecule has 0 atom stereocenters. The topological polar surface area (TPSA) is 69.6 Å². The molecule has 0 saturated heterocycles. The Hall–Kier alpha value is -3.53. The molecule has 0 fully saturated rings. The molecule has 0 unspecified atom stereocenters. The summed E-state index contributed by atoms with van der Waals surface area (Å²) in [7, 11) is 0. The Morgan fingerprint density at radius 1 is 1.17 bits per heavy atom. The predicted molar refractivity (Wildman–Crippen MR) is 120 cm³/mol. The molecule has 0 aliphatic rings. The van der Waals surface area contributed by atoms with Crippen molar-refractivity contribution < 1.29 is 15.0 Å². The second-order valence-corrected chi connectivity index (χ2v) is 7.00. The predicted octanol–water partition coefficient (Wildman–Crippen LogP) is 5.44. The van der Waals surface area contributed by atoms with Crippen LogP contribution in [0.1, 0.15) is 34.0 Å². The molecular formula is C25H27NO3. The molecule has 0 aliphatic carbocycles. The minimum absolute atomic E-state index is 0.0945. The maximum absolute atomic E-state index is 12.8. The molecule has 2 rings (SSSR count). The van der Waals surface area contributed by atoms with Gasteiger partial charge >= 0.3 is 0 Å². The lowest BCUT2D eigenvalue weighted by Gasteiger charge is -2.18. The third kappa shape index (κ3) is 4.66. The summed E-state index contributed by atoms with van der Waals surface area (Å²) in [6.45, 7) is 17.0. The van der Waals surface area contributed by atoms with E-state index >= 15 is 0 Å². The fourth-order valence-electron chi connectivity index (χ4n) is 3.19. The van der Waals surface area contributed by atoms with E-state index in [0.717, 1.165) is 22.3 Å². The number of aryl methyl sites for hydroxylation is 2. The Labute approximate surface area is 172 Å². The van der Waals surface area contributed by atoms with Gasteiger partial charge in [0.1, 0.15) is 11.5 Å². The zero-order valence-electron chi connectivity index (χ0n) is 17.2. The molecule has 2 aromatic carbocycles. The number of benzene rings is 2. The van der Waals surface area contributed by atoms with E-state index in [4.69, 9.17) is 0 Å². The van der Waals surface area contributed by atoms with Crippen molar-refractivity contribution in [3.63, 3.8) is 0 Å². The fraction of sp³-hybridized carbons (Fsp3) is 0.160. The van der Waals surface area contributed by atoms with Crippen LogP contribution in [0.4, 0.5) is 0 Å². The van der Waals surface area contributed by atoms with Crippen molar-refractivity contribution in [2.45, 2.75) is 20.8 Å². The third-order valence-electron chi connectivity index (χ3n) is 4.66. The minimum atomic E-state index is -0.442. The van der Waals surface area contributed by atoms with Gasteiger partial charge in [-0.2, -0.15) is 0 Å². The molecule has 0 radical (unpaired) electrons. The van der Waals surface area contributed by atoms with Crippen molar-refractivity contribution >= 4 is 11.5 Å². The van der Waals surface area contributed by atoms with Crippen LogP contribution in [-0.4, -0.2) is 22.7 Å². The van der Waals surface area contributed by atoms with Crippen molar-refractivity contribution in [3.05, 3.63) is 90.1 Å². The van der Waals surface area contributed by atoms with Crippen LogP contribution in [0.2, 0.25) is 0 Å². The van der Waals surface area contributed by atoms with Crippen LogP contribution < -0.4 is 5.32 Å². The molecule has 150 valence electrons. The Kier molecular flexibility index (Phi) is 6.84. The summed E-state index contributed by atoms with van der Waals surface area (Å²) in [4.78, 5) is 12.8. The van der Waals surface area contributed by atoms with Crippen LogP contribution in [0.15, 0.2) is 67.8 Å². The average Bonchev–Trinajstić information content (AvgIpc) is 2.64. The van der Waals surface area contributed by atoms with Gasteiger partial charge in [0.2, 0.25) is 0 Å². The Balaban J connectivity index is 2.60. The summed E-state index contributed by atoms with van der Waals surface area (Å²) in [5.74, 6) is -0.800. The Bertz CT molecular complexity index is 1030. The van der Waals surface area contributed by atoms with Crippen LogP contribution in [0.3, 0.4) is 0 Å². The molecule has 2 aromatic rings. The van der Waals surface area contributed by atoms with Gasteiger partial charge in [-0.25, -0.2) is 0 Å². The van der Waals surface area contributed by atoms with E-state index in [1.165, 1.54) is 6.07 Å². The molecule has 0 heterocycles. The van der Waals surface area contributed by atoms with Gasteiger partial charge in [-0.3, -0.25) is 4.79 Å². The number of phenolic OH excluding ortho intramolecular Hbond substituents is 2. The molecule has 0 aliphatic heterocycles. The lowest BCUT2D eigenvalue weighted by molar-refractivity contribution is 0.0954. The van der Waals surface area contributed by atoms with E-state index in [0.29, 0.717) is 11.1 Å². The van der Waals surface area contributed by atoms with Gasteiger partial charge in [-0.05, 0) is 49.1 Å². The van der Waals surface area contributed by atoms with E-state index in [1.807, 2.05) is 32.0 Å². The number of hydrogen-bond acceptors (Lipinski definition) is 3. The standard InChI is InChI=1S/C25H27NO3/c1-7-9-18(8-2)14-26-25(29)22-17(6)13-21(27)23(24(22)28)20-12-16(5)10-11-19(20)15(3)4/h7-13,27-28H,1-3,14H2,4-6H3,(H,26,29)/b18-9+. The molecule has 4 heteroatoms.